The van der Waals surface area contributed by atoms with E-state index in [1.807, 2.05) is 0 Å². The van der Waals surface area contributed by atoms with E-state index in [4.69, 9.17) is 10.0 Å². The van der Waals surface area contributed by atoms with Crippen LogP contribution in [-0.2, 0) is 0 Å². The summed E-state index contributed by atoms with van der Waals surface area (Å²) in [6, 6.07) is 0. The first-order chi connectivity index (χ1) is 4.20. The predicted molar refractivity (Wildman–Crippen MR) is 40.3 cm³/mol. The van der Waals surface area contributed by atoms with E-state index in [9.17, 15) is 0 Å². The quantitative estimate of drug-likeness (QED) is 0.522. The van der Waals surface area contributed by atoms with Crippen molar-refractivity contribution in [1.29, 1.82) is 0 Å². The Morgan fingerprint density at radius 3 is 2.33 bits per heavy atom. The summed E-state index contributed by atoms with van der Waals surface area (Å²) in [5, 5.41) is 18.1. The highest BCUT2D eigenvalue weighted by Gasteiger charge is 2.30. The lowest BCUT2D eigenvalue weighted by Gasteiger charge is -2.05. The fourth-order valence-electron chi connectivity index (χ4n) is 1.05. The molecular weight excluding hydrogens is 135 g/mol. The molecular formula is C5H11BO2S. The van der Waals surface area contributed by atoms with Crippen LogP contribution < -0.4 is 0 Å². The average molecular weight is 146 g/mol. The number of thioether (sulfide) groups is 1. The summed E-state index contributed by atoms with van der Waals surface area (Å²) < 4.78 is 0. The van der Waals surface area contributed by atoms with Gasteiger partial charge < -0.3 is 10.0 Å². The Hall–Kier alpha value is 0.335. The standard InChI is InChI=1S/C5H11BO2S/c1-4-2-3-5(9-4)6(7)8/h4-5,7-8H,2-3H2,1H3/t4?,5-/m0/s1. The number of hydrogen-bond donors (Lipinski definition) is 2. The van der Waals surface area contributed by atoms with E-state index in [0.29, 0.717) is 5.25 Å². The van der Waals surface area contributed by atoms with Crippen LogP contribution in [0, 0.1) is 0 Å². The van der Waals surface area contributed by atoms with E-state index in [2.05, 4.69) is 6.92 Å². The molecule has 0 saturated carbocycles. The minimum absolute atomic E-state index is 0.0694. The summed E-state index contributed by atoms with van der Waals surface area (Å²) in [5.74, 6) is 0. The molecule has 1 rings (SSSR count). The summed E-state index contributed by atoms with van der Waals surface area (Å²) in [6.45, 7) is 2.12. The largest absolute Gasteiger partial charge is 0.465 e. The fourth-order valence-corrected chi connectivity index (χ4v) is 2.33. The highest BCUT2D eigenvalue weighted by molar-refractivity contribution is 8.02. The summed E-state index contributed by atoms with van der Waals surface area (Å²) in [4.78, 5) is 0. The van der Waals surface area contributed by atoms with Crippen LogP contribution in [0.25, 0.3) is 0 Å². The molecule has 2 nitrogen and oxygen atoms in total. The third kappa shape index (κ3) is 1.88. The van der Waals surface area contributed by atoms with Crippen molar-refractivity contribution in [3.63, 3.8) is 0 Å². The molecule has 0 amide bonds. The van der Waals surface area contributed by atoms with Crippen LogP contribution in [0.15, 0.2) is 0 Å². The van der Waals surface area contributed by atoms with E-state index in [0.717, 1.165) is 12.8 Å². The first-order valence-corrected chi connectivity index (χ1v) is 4.16. The van der Waals surface area contributed by atoms with Crippen LogP contribution in [0.5, 0.6) is 0 Å². The highest BCUT2D eigenvalue weighted by atomic mass is 32.2. The lowest BCUT2D eigenvalue weighted by molar-refractivity contribution is 0.401. The Labute approximate surface area is 59.8 Å². The number of hydrogen-bond acceptors (Lipinski definition) is 3. The molecule has 1 aliphatic rings. The van der Waals surface area contributed by atoms with Gasteiger partial charge in [0.2, 0.25) is 0 Å². The fraction of sp³-hybridized carbons (Fsp3) is 1.00. The van der Waals surface area contributed by atoms with Gasteiger partial charge in [0.1, 0.15) is 0 Å². The van der Waals surface area contributed by atoms with Crippen LogP contribution in [0.3, 0.4) is 0 Å². The molecule has 0 aromatic carbocycles. The summed E-state index contributed by atoms with van der Waals surface area (Å²) in [6.07, 6.45) is 2.07. The maximum Gasteiger partial charge on any atom is 0.465 e. The second-order valence-electron chi connectivity index (χ2n) is 2.48. The molecule has 4 heteroatoms. The number of rotatable bonds is 1. The van der Waals surface area contributed by atoms with Crippen molar-refractivity contribution in [2.45, 2.75) is 30.2 Å². The first kappa shape index (κ1) is 7.44. The summed E-state index contributed by atoms with van der Waals surface area (Å²) in [5.41, 5.74) is 0. The molecule has 0 radical (unpaired) electrons. The Morgan fingerprint density at radius 1 is 1.44 bits per heavy atom. The molecule has 52 valence electrons. The maximum absolute atomic E-state index is 8.70. The van der Waals surface area contributed by atoms with E-state index >= 15 is 0 Å². The van der Waals surface area contributed by atoms with Gasteiger partial charge in [0.05, 0.1) is 0 Å². The molecule has 0 bridgehead atoms. The van der Waals surface area contributed by atoms with Crippen molar-refractivity contribution in [2.75, 3.05) is 0 Å². The molecule has 0 aromatic heterocycles. The zero-order chi connectivity index (χ0) is 6.85. The molecule has 1 unspecified atom stereocenters. The van der Waals surface area contributed by atoms with Gasteiger partial charge in [-0.15, -0.1) is 0 Å². The van der Waals surface area contributed by atoms with Gasteiger partial charge in [-0.2, -0.15) is 11.8 Å². The van der Waals surface area contributed by atoms with E-state index in [1.165, 1.54) is 0 Å². The minimum Gasteiger partial charge on any atom is -0.426 e. The molecule has 0 spiro atoms. The third-order valence-electron chi connectivity index (χ3n) is 1.60. The Bertz CT molecular complexity index is 99.0. The van der Waals surface area contributed by atoms with Crippen LogP contribution in [0.1, 0.15) is 19.8 Å². The average Bonchev–Trinajstić information content (AvgIpc) is 2.14. The van der Waals surface area contributed by atoms with Crippen LogP contribution in [-0.4, -0.2) is 27.6 Å². The van der Waals surface area contributed by atoms with E-state index in [1.54, 1.807) is 11.8 Å². The molecule has 9 heavy (non-hydrogen) atoms. The Balaban J connectivity index is 2.30. The van der Waals surface area contributed by atoms with Gasteiger partial charge in [0.15, 0.2) is 0 Å². The Morgan fingerprint density at radius 2 is 2.11 bits per heavy atom. The summed E-state index contributed by atoms with van der Waals surface area (Å²) in [7, 11) is -1.11. The molecule has 1 heterocycles. The molecule has 2 N–H and O–H groups in total. The third-order valence-corrected chi connectivity index (χ3v) is 3.13. The second-order valence-corrected chi connectivity index (χ2v) is 4.16. The molecule has 0 aromatic rings. The van der Waals surface area contributed by atoms with Crippen LogP contribution in [0.4, 0.5) is 0 Å². The van der Waals surface area contributed by atoms with Crippen molar-refractivity contribution >= 4 is 18.9 Å². The van der Waals surface area contributed by atoms with Gasteiger partial charge in [0.25, 0.3) is 0 Å². The first-order valence-electron chi connectivity index (χ1n) is 3.21. The molecule has 2 atom stereocenters. The van der Waals surface area contributed by atoms with Crippen molar-refractivity contribution in [1.82, 2.24) is 0 Å². The minimum atomic E-state index is -1.11. The van der Waals surface area contributed by atoms with Gasteiger partial charge in [-0.1, -0.05) is 6.92 Å². The van der Waals surface area contributed by atoms with Crippen molar-refractivity contribution in [3.05, 3.63) is 0 Å². The lowest BCUT2D eigenvalue weighted by atomic mass is 9.83. The zero-order valence-electron chi connectivity index (χ0n) is 5.45. The molecule has 1 aliphatic heterocycles. The summed E-state index contributed by atoms with van der Waals surface area (Å²) >= 11 is 1.67. The SMILES string of the molecule is CC1CC[C@@H](B(O)O)S1. The van der Waals surface area contributed by atoms with Crippen molar-refractivity contribution < 1.29 is 10.0 Å². The van der Waals surface area contributed by atoms with Gasteiger partial charge in [-0.25, -0.2) is 0 Å². The van der Waals surface area contributed by atoms with Gasteiger partial charge in [-0.05, 0) is 12.8 Å². The normalized spacial score (nSPS) is 35.0. The zero-order valence-corrected chi connectivity index (χ0v) is 6.27. The van der Waals surface area contributed by atoms with E-state index in [-0.39, 0.29) is 5.15 Å². The van der Waals surface area contributed by atoms with Crippen molar-refractivity contribution in [2.24, 2.45) is 0 Å². The highest BCUT2D eigenvalue weighted by Crippen LogP contribution is 2.33. The second kappa shape index (κ2) is 2.95. The maximum atomic E-state index is 8.70. The van der Waals surface area contributed by atoms with Gasteiger partial charge in [-0.3, -0.25) is 0 Å². The lowest BCUT2D eigenvalue weighted by Crippen LogP contribution is -2.25. The smallest absolute Gasteiger partial charge is 0.426 e. The van der Waals surface area contributed by atoms with E-state index < -0.39 is 7.12 Å². The molecule has 1 saturated heterocycles. The monoisotopic (exact) mass is 146 g/mol. The van der Waals surface area contributed by atoms with Crippen LogP contribution >= 0.6 is 11.8 Å². The topological polar surface area (TPSA) is 40.5 Å². The van der Waals surface area contributed by atoms with Crippen molar-refractivity contribution in [3.8, 4) is 0 Å². The predicted octanol–water partition coefficient (Wildman–Crippen LogP) is 0.283. The Kier molecular flexibility index (Phi) is 2.44. The van der Waals surface area contributed by atoms with Gasteiger partial charge in [0, 0.05) is 10.4 Å². The van der Waals surface area contributed by atoms with Crippen LogP contribution in [0.2, 0.25) is 0 Å². The molecule has 0 aliphatic carbocycles. The van der Waals surface area contributed by atoms with Gasteiger partial charge >= 0.3 is 7.12 Å². The molecule has 1 fully saturated rings.